The summed E-state index contributed by atoms with van der Waals surface area (Å²) < 4.78 is 0. The number of aromatic nitrogens is 4. The van der Waals surface area contributed by atoms with Crippen LogP contribution >= 0.6 is 0 Å². The summed E-state index contributed by atoms with van der Waals surface area (Å²) in [4.78, 5) is 31.1. The molecule has 1 saturated heterocycles. The molecule has 8 heteroatoms. The first kappa shape index (κ1) is 16.5. The van der Waals surface area contributed by atoms with E-state index in [9.17, 15) is 4.79 Å². The Morgan fingerprint density at radius 3 is 2.73 bits per heavy atom. The Hall–Kier alpha value is -3.00. The van der Waals surface area contributed by atoms with E-state index in [1.54, 1.807) is 19.4 Å². The highest BCUT2D eigenvalue weighted by molar-refractivity contribution is 5.75. The molecule has 0 aliphatic carbocycles. The van der Waals surface area contributed by atoms with Gasteiger partial charge in [-0.2, -0.15) is 0 Å². The first-order valence-electron chi connectivity index (χ1n) is 8.49. The van der Waals surface area contributed by atoms with Gasteiger partial charge < -0.3 is 15.0 Å². The average molecular weight is 352 g/mol. The van der Waals surface area contributed by atoms with Crippen molar-refractivity contribution in [3.63, 3.8) is 0 Å². The fourth-order valence-corrected chi connectivity index (χ4v) is 3.20. The van der Waals surface area contributed by atoms with Crippen LogP contribution in [0.4, 0.5) is 5.95 Å². The molecule has 0 spiro atoms. The van der Waals surface area contributed by atoms with Crippen LogP contribution in [0, 0.1) is 0 Å². The van der Waals surface area contributed by atoms with Gasteiger partial charge in [0.15, 0.2) is 0 Å². The smallest absolute Gasteiger partial charge is 0.323 e. The number of carboxylic acids is 1. The van der Waals surface area contributed by atoms with Gasteiger partial charge in [-0.25, -0.2) is 15.0 Å². The zero-order valence-corrected chi connectivity index (χ0v) is 14.5. The number of rotatable bonds is 6. The summed E-state index contributed by atoms with van der Waals surface area (Å²) in [6.07, 6.45) is 3.52. The number of likely N-dealkylation sites (tertiary alicyclic amines) is 1. The predicted molar refractivity (Wildman–Crippen MR) is 97.0 cm³/mol. The van der Waals surface area contributed by atoms with Crippen molar-refractivity contribution in [2.45, 2.75) is 12.5 Å². The van der Waals surface area contributed by atoms with Crippen molar-refractivity contribution >= 4 is 23.0 Å². The van der Waals surface area contributed by atoms with Gasteiger partial charge in [-0.1, -0.05) is 12.1 Å². The molecule has 0 amide bonds. The number of aliphatic carboxylic acids is 1. The van der Waals surface area contributed by atoms with Gasteiger partial charge >= 0.3 is 5.97 Å². The van der Waals surface area contributed by atoms with Crippen LogP contribution in [0.15, 0.2) is 36.7 Å². The number of benzene rings is 1. The monoisotopic (exact) mass is 352 g/mol. The van der Waals surface area contributed by atoms with Gasteiger partial charge in [0.25, 0.3) is 0 Å². The van der Waals surface area contributed by atoms with Crippen molar-refractivity contribution in [1.82, 2.24) is 24.8 Å². The molecule has 1 aliphatic rings. The molecule has 2 aromatic heterocycles. The molecule has 2 N–H and O–H groups in total. The minimum absolute atomic E-state index is 0.120. The Balaban J connectivity index is 1.33. The van der Waals surface area contributed by atoms with E-state index in [-0.39, 0.29) is 6.54 Å². The number of aromatic amines is 1. The van der Waals surface area contributed by atoms with Crippen molar-refractivity contribution in [2.75, 3.05) is 31.6 Å². The third-order valence-electron chi connectivity index (χ3n) is 4.56. The standard InChI is InChI=1S/C18H20N6O2/c1-23(11-16(25)26)18-19-6-12(7-20-18)8-24-9-13(10-24)17-21-14-4-2-3-5-15(14)22-17/h2-7,13H,8-11H2,1H3,(H,21,22)(H,25,26). The molecule has 0 saturated carbocycles. The predicted octanol–water partition coefficient (Wildman–Crippen LogP) is 1.47. The Kier molecular flexibility index (Phi) is 4.26. The normalized spacial score (nSPS) is 15.1. The van der Waals surface area contributed by atoms with Crippen LogP contribution in [-0.2, 0) is 11.3 Å². The lowest BCUT2D eigenvalue weighted by Gasteiger charge is -2.38. The summed E-state index contributed by atoms with van der Waals surface area (Å²) in [6.45, 7) is 2.55. The van der Waals surface area contributed by atoms with E-state index in [4.69, 9.17) is 5.11 Å². The van der Waals surface area contributed by atoms with E-state index in [1.165, 1.54) is 4.90 Å². The van der Waals surface area contributed by atoms with E-state index in [2.05, 4.69) is 24.8 Å². The first-order chi connectivity index (χ1) is 12.6. The third-order valence-corrected chi connectivity index (χ3v) is 4.56. The van der Waals surface area contributed by atoms with Crippen LogP contribution in [-0.4, -0.2) is 62.6 Å². The Bertz CT molecular complexity index is 884. The molecule has 134 valence electrons. The fraction of sp³-hybridized carbons (Fsp3) is 0.333. The largest absolute Gasteiger partial charge is 0.480 e. The van der Waals surface area contributed by atoms with Crippen LogP contribution in [0.3, 0.4) is 0 Å². The second-order valence-corrected chi connectivity index (χ2v) is 6.67. The van der Waals surface area contributed by atoms with Gasteiger partial charge in [0.05, 0.1) is 11.0 Å². The number of carboxylic acid groups (broad SMARTS) is 1. The molecule has 0 bridgehead atoms. The van der Waals surface area contributed by atoms with Gasteiger partial charge in [0.2, 0.25) is 5.95 Å². The van der Waals surface area contributed by atoms with Gasteiger partial charge in [-0.05, 0) is 12.1 Å². The number of imidazole rings is 1. The van der Waals surface area contributed by atoms with Crippen LogP contribution in [0.2, 0.25) is 0 Å². The highest BCUT2D eigenvalue weighted by Gasteiger charge is 2.30. The highest BCUT2D eigenvalue weighted by Crippen LogP contribution is 2.27. The zero-order valence-electron chi connectivity index (χ0n) is 14.5. The first-order valence-corrected chi connectivity index (χ1v) is 8.49. The van der Waals surface area contributed by atoms with Crippen molar-refractivity contribution in [2.24, 2.45) is 0 Å². The maximum atomic E-state index is 10.7. The van der Waals surface area contributed by atoms with Crippen LogP contribution in [0.5, 0.6) is 0 Å². The lowest BCUT2D eigenvalue weighted by Crippen LogP contribution is -2.44. The van der Waals surface area contributed by atoms with E-state index >= 15 is 0 Å². The summed E-state index contributed by atoms with van der Waals surface area (Å²) in [6, 6.07) is 8.07. The molecule has 0 unspecified atom stereocenters. The number of likely N-dealkylation sites (N-methyl/N-ethyl adjacent to an activating group) is 1. The van der Waals surface area contributed by atoms with Gasteiger partial charge in [0, 0.05) is 50.6 Å². The molecule has 1 aromatic carbocycles. The number of carbonyl (C=O) groups is 1. The molecule has 0 radical (unpaired) electrons. The van der Waals surface area contributed by atoms with Crippen molar-refractivity contribution in [1.29, 1.82) is 0 Å². The number of hydrogen-bond acceptors (Lipinski definition) is 6. The van der Waals surface area contributed by atoms with Crippen molar-refractivity contribution in [3.05, 3.63) is 48.0 Å². The minimum Gasteiger partial charge on any atom is -0.480 e. The van der Waals surface area contributed by atoms with Crippen LogP contribution in [0.25, 0.3) is 11.0 Å². The summed E-state index contributed by atoms with van der Waals surface area (Å²) in [7, 11) is 1.66. The SMILES string of the molecule is CN(CC(=O)O)c1ncc(CN2CC(c3nc4ccccc4[nH]3)C2)cn1. The second kappa shape index (κ2) is 6.72. The summed E-state index contributed by atoms with van der Waals surface area (Å²) in [5.41, 5.74) is 3.10. The van der Waals surface area contributed by atoms with Crippen LogP contribution in [0.1, 0.15) is 17.3 Å². The van der Waals surface area contributed by atoms with E-state index < -0.39 is 5.97 Å². The summed E-state index contributed by atoms with van der Waals surface area (Å²) >= 11 is 0. The van der Waals surface area contributed by atoms with Crippen molar-refractivity contribution < 1.29 is 9.90 Å². The number of fused-ring (bicyclic) bond motifs is 1. The van der Waals surface area contributed by atoms with Gasteiger partial charge in [-0.3, -0.25) is 9.69 Å². The molecule has 1 fully saturated rings. The number of nitrogens with one attached hydrogen (secondary N) is 1. The average Bonchev–Trinajstić information content (AvgIpc) is 3.01. The molecular formula is C18H20N6O2. The summed E-state index contributed by atoms with van der Waals surface area (Å²) in [5.74, 6) is 0.978. The molecule has 3 heterocycles. The van der Waals surface area contributed by atoms with E-state index in [1.807, 2.05) is 24.3 Å². The maximum absolute atomic E-state index is 10.7. The summed E-state index contributed by atoms with van der Waals surface area (Å²) in [5, 5.41) is 8.81. The fourth-order valence-electron chi connectivity index (χ4n) is 3.20. The zero-order chi connectivity index (χ0) is 18.1. The van der Waals surface area contributed by atoms with Crippen molar-refractivity contribution in [3.8, 4) is 0 Å². The topological polar surface area (TPSA) is 98.2 Å². The number of hydrogen-bond donors (Lipinski definition) is 2. The highest BCUT2D eigenvalue weighted by atomic mass is 16.4. The third kappa shape index (κ3) is 3.36. The quantitative estimate of drug-likeness (QED) is 0.693. The number of para-hydroxylation sites is 2. The van der Waals surface area contributed by atoms with Crippen LogP contribution < -0.4 is 4.90 Å². The van der Waals surface area contributed by atoms with Gasteiger partial charge in [-0.15, -0.1) is 0 Å². The Morgan fingerprint density at radius 2 is 2.04 bits per heavy atom. The molecular weight excluding hydrogens is 332 g/mol. The lowest BCUT2D eigenvalue weighted by molar-refractivity contribution is -0.135. The number of nitrogens with zero attached hydrogens (tertiary/aromatic N) is 5. The minimum atomic E-state index is -0.905. The molecule has 4 rings (SSSR count). The number of anilines is 1. The van der Waals surface area contributed by atoms with Gasteiger partial charge in [0.1, 0.15) is 12.4 Å². The molecule has 0 atom stereocenters. The van der Waals surface area contributed by atoms with E-state index in [0.29, 0.717) is 11.9 Å². The molecule has 3 aromatic rings. The molecule has 1 aliphatic heterocycles. The maximum Gasteiger partial charge on any atom is 0.323 e. The Morgan fingerprint density at radius 1 is 1.31 bits per heavy atom. The Labute approximate surface area is 150 Å². The lowest BCUT2D eigenvalue weighted by atomic mass is 9.99. The van der Waals surface area contributed by atoms with E-state index in [0.717, 1.165) is 42.1 Å². The number of H-pyrrole nitrogens is 1. The second-order valence-electron chi connectivity index (χ2n) is 6.67. The molecule has 26 heavy (non-hydrogen) atoms. The molecule has 8 nitrogen and oxygen atoms in total.